The maximum Gasteiger partial charge on any atom is 0.251 e. The first kappa shape index (κ1) is 17.5. The Hall–Kier alpha value is -3.28. The summed E-state index contributed by atoms with van der Waals surface area (Å²) in [5.41, 5.74) is 1.73. The topological polar surface area (TPSA) is 54.0 Å². The molecule has 0 fully saturated rings. The van der Waals surface area contributed by atoms with Crippen LogP contribution in [0.5, 0.6) is 0 Å². The first-order valence-electron chi connectivity index (χ1n) is 8.08. The highest BCUT2D eigenvalue weighted by Gasteiger charge is 2.08. The van der Waals surface area contributed by atoms with Crippen LogP contribution in [-0.2, 0) is 13.1 Å². The Balaban J connectivity index is 1.60. The minimum Gasteiger partial charge on any atom is -0.366 e. The van der Waals surface area contributed by atoms with Gasteiger partial charge in [-0.05, 0) is 35.9 Å². The van der Waals surface area contributed by atoms with E-state index in [1.807, 2.05) is 0 Å². The van der Waals surface area contributed by atoms with E-state index < -0.39 is 0 Å². The van der Waals surface area contributed by atoms with Crippen molar-refractivity contribution in [3.8, 4) is 0 Å². The van der Waals surface area contributed by atoms with Crippen LogP contribution in [0.1, 0.15) is 21.5 Å². The van der Waals surface area contributed by atoms with Crippen molar-refractivity contribution in [2.24, 2.45) is 0 Å². The van der Waals surface area contributed by atoms with Crippen molar-refractivity contribution in [2.45, 2.75) is 13.1 Å². The quantitative estimate of drug-likeness (QED) is 0.707. The van der Waals surface area contributed by atoms with Crippen molar-refractivity contribution in [3.63, 3.8) is 0 Å². The average Bonchev–Trinajstić information content (AvgIpc) is 2.67. The van der Waals surface area contributed by atoms with Gasteiger partial charge < -0.3 is 10.6 Å². The van der Waals surface area contributed by atoms with E-state index in [1.165, 1.54) is 24.4 Å². The fourth-order valence-corrected chi connectivity index (χ4v) is 2.38. The zero-order chi connectivity index (χ0) is 18.4. The van der Waals surface area contributed by atoms with E-state index in [4.69, 9.17) is 0 Å². The third-order valence-corrected chi connectivity index (χ3v) is 3.81. The van der Waals surface area contributed by atoms with Crippen molar-refractivity contribution < 1.29 is 13.6 Å². The number of aromatic nitrogens is 1. The smallest absolute Gasteiger partial charge is 0.251 e. The van der Waals surface area contributed by atoms with Crippen LogP contribution in [0.3, 0.4) is 0 Å². The summed E-state index contributed by atoms with van der Waals surface area (Å²) >= 11 is 0. The molecule has 1 amide bonds. The van der Waals surface area contributed by atoms with Gasteiger partial charge in [0.05, 0.1) is 0 Å². The van der Waals surface area contributed by atoms with Crippen molar-refractivity contribution in [1.29, 1.82) is 0 Å². The monoisotopic (exact) mass is 353 g/mol. The van der Waals surface area contributed by atoms with Crippen LogP contribution in [-0.4, -0.2) is 10.9 Å². The molecule has 4 nitrogen and oxygen atoms in total. The second-order valence-electron chi connectivity index (χ2n) is 5.68. The molecule has 3 rings (SSSR count). The Labute approximate surface area is 149 Å². The fourth-order valence-electron chi connectivity index (χ4n) is 2.38. The molecule has 132 valence electrons. The van der Waals surface area contributed by atoms with Crippen molar-refractivity contribution in [3.05, 3.63) is 95.2 Å². The first-order valence-corrected chi connectivity index (χ1v) is 8.08. The maximum atomic E-state index is 13.6. The second-order valence-corrected chi connectivity index (χ2v) is 5.68. The van der Waals surface area contributed by atoms with Gasteiger partial charge in [0, 0.05) is 30.4 Å². The standard InChI is InChI=1S/C20H17F2N3O/c21-17-7-5-14(6-8-17)12-24-19-11-15(9-10-23-19)20(26)25-13-16-3-1-2-4-18(16)22/h1-11H,12-13H2,(H,23,24)(H,25,26). The van der Waals surface area contributed by atoms with Crippen LogP contribution in [0.15, 0.2) is 66.9 Å². The number of carbonyl (C=O) groups is 1. The van der Waals surface area contributed by atoms with Gasteiger partial charge in [-0.25, -0.2) is 13.8 Å². The lowest BCUT2D eigenvalue weighted by Crippen LogP contribution is -2.23. The number of benzene rings is 2. The SMILES string of the molecule is O=C(NCc1ccccc1F)c1ccnc(NCc2ccc(F)cc2)c1. The Bertz CT molecular complexity index is 898. The van der Waals surface area contributed by atoms with Gasteiger partial charge >= 0.3 is 0 Å². The molecule has 1 heterocycles. The highest BCUT2D eigenvalue weighted by Crippen LogP contribution is 2.11. The predicted octanol–water partition coefficient (Wildman–Crippen LogP) is 3.90. The second kappa shape index (κ2) is 8.20. The molecule has 6 heteroatoms. The third kappa shape index (κ3) is 4.63. The van der Waals surface area contributed by atoms with Crippen molar-refractivity contribution in [2.75, 3.05) is 5.32 Å². The predicted molar refractivity (Wildman–Crippen MR) is 95.5 cm³/mol. The van der Waals surface area contributed by atoms with Crippen LogP contribution < -0.4 is 10.6 Å². The minimum atomic E-state index is -0.357. The third-order valence-electron chi connectivity index (χ3n) is 3.81. The number of hydrogen-bond donors (Lipinski definition) is 2. The number of nitrogens with zero attached hydrogens (tertiary/aromatic N) is 1. The van der Waals surface area contributed by atoms with Crippen LogP contribution in [0.4, 0.5) is 14.6 Å². The Morgan fingerprint density at radius 2 is 1.73 bits per heavy atom. The summed E-state index contributed by atoms with van der Waals surface area (Å²) in [6, 6.07) is 15.6. The summed E-state index contributed by atoms with van der Waals surface area (Å²) < 4.78 is 26.5. The number of halogens is 2. The van der Waals surface area contributed by atoms with E-state index in [-0.39, 0.29) is 24.1 Å². The molecule has 2 aromatic carbocycles. The van der Waals surface area contributed by atoms with E-state index in [0.717, 1.165) is 5.56 Å². The fraction of sp³-hybridized carbons (Fsp3) is 0.100. The molecular weight excluding hydrogens is 336 g/mol. The molecule has 0 aliphatic carbocycles. The van der Waals surface area contributed by atoms with Crippen molar-refractivity contribution >= 4 is 11.7 Å². The Kier molecular flexibility index (Phi) is 5.53. The molecule has 0 saturated carbocycles. The molecule has 2 N–H and O–H groups in total. The number of pyridine rings is 1. The van der Waals surface area contributed by atoms with Gasteiger partial charge in [0.2, 0.25) is 0 Å². The minimum absolute atomic E-state index is 0.103. The number of carbonyl (C=O) groups excluding carboxylic acids is 1. The van der Waals surface area contributed by atoms with E-state index in [2.05, 4.69) is 15.6 Å². The molecule has 0 saturated heterocycles. The summed E-state index contributed by atoms with van der Waals surface area (Å²) in [5, 5.41) is 5.77. The normalized spacial score (nSPS) is 10.4. The molecule has 0 radical (unpaired) electrons. The number of amides is 1. The molecule has 0 bridgehead atoms. The maximum absolute atomic E-state index is 13.6. The van der Waals surface area contributed by atoms with Crippen LogP contribution in [0.25, 0.3) is 0 Å². The first-order chi connectivity index (χ1) is 12.6. The number of anilines is 1. The van der Waals surface area contributed by atoms with E-state index >= 15 is 0 Å². The van der Waals surface area contributed by atoms with E-state index in [0.29, 0.717) is 23.5 Å². The molecule has 0 unspecified atom stereocenters. The summed E-state index contributed by atoms with van der Waals surface area (Å²) in [7, 11) is 0. The molecule has 0 aliphatic heterocycles. The summed E-state index contributed by atoms with van der Waals surface area (Å²) in [4.78, 5) is 16.4. The molecule has 0 atom stereocenters. The summed E-state index contributed by atoms with van der Waals surface area (Å²) in [6.45, 7) is 0.555. The highest BCUT2D eigenvalue weighted by atomic mass is 19.1. The summed E-state index contributed by atoms with van der Waals surface area (Å²) in [6.07, 6.45) is 1.52. The van der Waals surface area contributed by atoms with Gasteiger partial charge in [0.25, 0.3) is 5.91 Å². The average molecular weight is 353 g/mol. The van der Waals surface area contributed by atoms with Crippen LogP contribution in [0, 0.1) is 11.6 Å². The van der Waals surface area contributed by atoms with Gasteiger partial charge in [-0.1, -0.05) is 30.3 Å². The summed E-state index contributed by atoms with van der Waals surface area (Å²) in [5.74, 6) is -0.446. The lowest BCUT2D eigenvalue weighted by molar-refractivity contribution is 0.0950. The van der Waals surface area contributed by atoms with E-state index in [9.17, 15) is 13.6 Å². The lowest BCUT2D eigenvalue weighted by Gasteiger charge is -2.09. The zero-order valence-corrected chi connectivity index (χ0v) is 13.9. The molecule has 0 spiro atoms. The number of hydrogen-bond acceptors (Lipinski definition) is 3. The van der Waals surface area contributed by atoms with Gasteiger partial charge in [-0.3, -0.25) is 4.79 Å². The number of rotatable bonds is 6. The van der Waals surface area contributed by atoms with Gasteiger partial charge in [-0.15, -0.1) is 0 Å². The molecule has 26 heavy (non-hydrogen) atoms. The molecule has 3 aromatic rings. The molecule has 1 aromatic heterocycles. The van der Waals surface area contributed by atoms with Crippen LogP contribution in [0.2, 0.25) is 0 Å². The molecular formula is C20H17F2N3O. The van der Waals surface area contributed by atoms with Crippen molar-refractivity contribution in [1.82, 2.24) is 10.3 Å². The molecule has 0 aliphatic rings. The van der Waals surface area contributed by atoms with E-state index in [1.54, 1.807) is 42.5 Å². The Morgan fingerprint density at radius 3 is 2.50 bits per heavy atom. The Morgan fingerprint density at radius 1 is 0.962 bits per heavy atom. The highest BCUT2D eigenvalue weighted by molar-refractivity contribution is 5.94. The van der Waals surface area contributed by atoms with Crippen LogP contribution >= 0.6 is 0 Å². The van der Waals surface area contributed by atoms with Gasteiger partial charge in [0.1, 0.15) is 17.5 Å². The van der Waals surface area contributed by atoms with Gasteiger partial charge in [0.15, 0.2) is 0 Å². The zero-order valence-electron chi connectivity index (χ0n) is 13.9. The largest absolute Gasteiger partial charge is 0.366 e. The lowest BCUT2D eigenvalue weighted by atomic mass is 10.2. The number of nitrogens with one attached hydrogen (secondary N) is 2. The van der Waals surface area contributed by atoms with Gasteiger partial charge in [-0.2, -0.15) is 0 Å².